The van der Waals surface area contributed by atoms with Crippen LogP contribution in [0.15, 0.2) is 12.2 Å². The molecule has 1 aliphatic heterocycles. The van der Waals surface area contributed by atoms with Gasteiger partial charge in [0.15, 0.2) is 6.10 Å². The van der Waals surface area contributed by atoms with Gasteiger partial charge in [-0.2, -0.15) is 0 Å². The van der Waals surface area contributed by atoms with Crippen LogP contribution in [0.3, 0.4) is 0 Å². The molecule has 1 saturated heterocycles. The van der Waals surface area contributed by atoms with Crippen LogP contribution in [0.2, 0.25) is 0 Å². The van der Waals surface area contributed by atoms with Gasteiger partial charge in [-0.05, 0) is 44.4 Å². The Morgan fingerprint density at radius 1 is 0.667 bits per heavy atom. The fourth-order valence-electron chi connectivity index (χ4n) is 6.83. The van der Waals surface area contributed by atoms with Gasteiger partial charge in [-0.25, -0.2) is 4.57 Å². The zero-order valence-corrected chi connectivity index (χ0v) is 37.3. The van der Waals surface area contributed by atoms with E-state index in [1.807, 2.05) is 0 Å². The largest absolute Gasteiger partial charge is 0.472 e. The molecular formula is C45H85O11P. The molecule has 3 unspecified atom stereocenters. The summed E-state index contributed by atoms with van der Waals surface area (Å²) in [4.78, 5) is 35.1. The van der Waals surface area contributed by atoms with Gasteiger partial charge >= 0.3 is 19.8 Å². The summed E-state index contributed by atoms with van der Waals surface area (Å²) in [6, 6.07) is 0. The Labute approximate surface area is 347 Å². The summed E-state index contributed by atoms with van der Waals surface area (Å²) in [5.74, 6) is -0.108. The Kier molecular flexibility index (Phi) is 34.4. The number of aliphatic hydroxyl groups excluding tert-OH is 2. The predicted molar refractivity (Wildman–Crippen MR) is 228 cm³/mol. The molecule has 0 amide bonds. The zero-order valence-electron chi connectivity index (χ0n) is 36.4. The SMILES string of the molecule is CCCCCC1OC1C/C=C\CCCCCCCC(=O)O[C@H](COC(=O)CCCCCCCCCCCCCCCCCC(C)C)COP(=O)(O)OC[C@@H](O)CO. The van der Waals surface area contributed by atoms with Gasteiger partial charge in [-0.3, -0.25) is 18.6 Å². The second-order valence-electron chi connectivity index (χ2n) is 16.6. The highest BCUT2D eigenvalue weighted by molar-refractivity contribution is 7.47. The molecule has 3 N–H and O–H groups in total. The third-order valence-electron chi connectivity index (χ3n) is 10.5. The van der Waals surface area contributed by atoms with Crippen LogP contribution in [0.25, 0.3) is 0 Å². The summed E-state index contributed by atoms with van der Waals surface area (Å²) in [5, 5.41) is 18.4. The highest BCUT2D eigenvalue weighted by atomic mass is 31.2. The number of phosphoric ester groups is 1. The molecule has 12 heteroatoms. The minimum absolute atomic E-state index is 0.167. The normalized spacial score (nSPS) is 17.5. The van der Waals surface area contributed by atoms with Crippen molar-refractivity contribution in [1.82, 2.24) is 0 Å². The molecular weight excluding hydrogens is 747 g/mol. The molecule has 1 heterocycles. The van der Waals surface area contributed by atoms with Gasteiger partial charge < -0.3 is 29.3 Å². The molecule has 1 rings (SSSR count). The number of phosphoric acid groups is 1. The van der Waals surface area contributed by atoms with Gasteiger partial charge in [0.05, 0.1) is 32.0 Å². The first-order valence-electron chi connectivity index (χ1n) is 23.1. The monoisotopic (exact) mass is 833 g/mol. The Hall–Kier alpha value is -1.33. The predicted octanol–water partition coefficient (Wildman–Crippen LogP) is 11.2. The van der Waals surface area contributed by atoms with E-state index in [0.29, 0.717) is 25.0 Å². The third kappa shape index (κ3) is 35.2. The number of ether oxygens (including phenoxy) is 3. The summed E-state index contributed by atoms with van der Waals surface area (Å²) >= 11 is 0. The number of carbonyl (C=O) groups is 2. The average Bonchev–Trinajstić information content (AvgIpc) is 3.94. The van der Waals surface area contributed by atoms with Crippen LogP contribution in [0.4, 0.5) is 0 Å². The van der Waals surface area contributed by atoms with Crippen molar-refractivity contribution in [2.24, 2.45) is 5.92 Å². The first-order valence-corrected chi connectivity index (χ1v) is 24.6. The summed E-state index contributed by atoms with van der Waals surface area (Å²) in [5.41, 5.74) is 0. The number of carbonyl (C=O) groups excluding carboxylic acids is 2. The molecule has 1 fully saturated rings. The summed E-state index contributed by atoms with van der Waals surface area (Å²) in [7, 11) is -4.62. The standard InChI is InChI=1S/C45H85O11P/c1-4-5-25-31-42-43(56-42)32-27-22-18-15-16-20-24-29-34-45(49)55-41(38-54-57(50,51)53-36-40(47)35-46)37-52-44(48)33-28-23-19-14-12-10-8-6-7-9-11-13-17-21-26-30-39(2)3/h22,27,39-43,46-47H,4-21,23-26,28-38H2,1-3H3,(H,50,51)/b27-22-/t40-,41+,42?,43?/m0/s1. The topological polar surface area (TPSA) is 161 Å². The Bertz CT molecular complexity index is 1040. The highest BCUT2D eigenvalue weighted by Crippen LogP contribution is 2.43. The number of hydrogen-bond acceptors (Lipinski definition) is 10. The van der Waals surface area contributed by atoms with Crippen LogP contribution in [0.5, 0.6) is 0 Å². The van der Waals surface area contributed by atoms with Crippen molar-refractivity contribution in [3.63, 3.8) is 0 Å². The molecule has 0 saturated carbocycles. The van der Waals surface area contributed by atoms with Crippen LogP contribution in [0.1, 0.15) is 207 Å². The molecule has 57 heavy (non-hydrogen) atoms. The lowest BCUT2D eigenvalue weighted by Crippen LogP contribution is -2.29. The van der Waals surface area contributed by atoms with Crippen LogP contribution in [0, 0.1) is 5.92 Å². The second-order valence-corrected chi connectivity index (χ2v) is 18.1. The number of aliphatic hydroxyl groups is 2. The maximum absolute atomic E-state index is 12.6. The molecule has 336 valence electrons. The van der Waals surface area contributed by atoms with Gasteiger partial charge in [0.1, 0.15) is 12.7 Å². The van der Waals surface area contributed by atoms with E-state index in [0.717, 1.165) is 63.7 Å². The van der Waals surface area contributed by atoms with Crippen LogP contribution >= 0.6 is 7.82 Å². The fourth-order valence-corrected chi connectivity index (χ4v) is 7.62. The molecule has 0 aromatic carbocycles. The van der Waals surface area contributed by atoms with Crippen molar-refractivity contribution < 1.29 is 52.5 Å². The summed E-state index contributed by atoms with van der Waals surface area (Å²) < 4.78 is 38.5. The van der Waals surface area contributed by atoms with E-state index in [-0.39, 0.29) is 19.4 Å². The zero-order chi connectivity index (χ0) is 41.8. The second kappa shape index (κ2) is 36.5. The Balaban J connectivity index is 2.20. The molecule has 0 aromatic rings. The number of epoxide rings is 1. The number of unbranched alkanes of at least 4 members (excludes halogenated alkanes) is 21. The Morgan fingerprint density at radius 3 is 1.75 bits per heavy atom. The number of allylic oxidation sites excluding steroid dienone is 1. The van der Waals surface area contributed by atoms with E-state index < -0.39 is 51.8 Å². The Morgan fingerprint density at radius 2 is 1.19 bits per heavy atom. The number of esters is 2. The van der Waals surface area contributed by atoms with Gasteiger partial charge in [-0.1, -0.05) is 168 Å². The smallest absolute Gasteiger partial charge is 0.462 e. The maximum atomic E-state index is 12.6. The van der Waals surface area contributed by atoms with Crippen molar-refractivity contribution in [3.05, 3.63) is 12.2 Å². The van der Waals surface area contributed by atoms with E-state index in [4.69, 9.17) is 28.4 Å². The van der Waals surface area contributed by atoms with Crippen molar-refractivity contribution in [3.8, 4) is 0 Å². The van der Waals surface area contributed by atoms with E-state index in [2.05, 4.69) is 32.9 Å². The van der Waals surface area contributed by atoms with Crippen molar-refractivity contribution >= 4 is 19.8 Å². The molecule has 5 atom stereocenters. The molecule has 1 aliphatic rings. The molecule has 0 bridgehead atoms. The molecule has 0 radical (unpaired) electrons. The summed E-state index contributed by atoms with van der Waals surface area (Å²) in [6.45, 7) is 4.70. The van der Waals surface area contributed by atoms with Crippen molar-refractivity contribution in [2.75, 3.05) is 26.4 Å². The van der Waals surface area contributed by atoms with Gasteiger partial charge in [0.2, 0.25) is 0 Å². The molecule has 0 aliphatic carbocycles. The average molecular weight is 833 g/mol. The van der Waals surface area contributed by atoms with Crippen LogP contribution in [-0.4, -0.2) is 77.9 Å². The lowest BCUT2D eigenvalue weighted by atomic mass is 10.0. The van der Waals surface area contributed by atoms with Crippen molar-refractivity contribution in [2.45, 2.75) is 231 Å². The fraction of sp³-hybridized carbons (Fsp3) is 0.911. The summed E-state index contributed by atoms with van der Waals surface area (Å²) in [6.07, 6.45) is 34.9. The van der Waals surface area contributed by atoms with Gasteiger partial charge in [0, 0.05) is 12.8 Å². The molecule has 0 aromatic heterocycles. The lowest BCUT2D eigenvalue weighted by molar-refractivity contribution is -0.161. The van der Waals surface area contributed by atoms with Crippen LogP contribution < -0.4 is 0 Å². The van der Waals surface area contributed by atoms with Gasteiger partial charge in [-0.15, -0.1) is 0 Å². The molecule has 0 spiro atoms. The van der Waals surface area contributed by atoms with Gasteiger partial charge in [0.25, 0.3) is 0 Å². The quantitative estimate of drug-likeness (QED) is 0.0176. The van der Waals surface area contributed by atoms with Crippen LogP contribution in [-0.2, 0) is 37.4 Å². The van der Waals surface area contributed by atoms with E-state index in [9.17, 15) is 24.2 Å². The van der Waals surface area contributed by atoms with E-state index >= 15 is 0 Å². The minimum Gasteiger partial charge on any atom is -0.462 e. The highest BCUT2D eigenvalue weighted by Gasteiger charge is 2.36. The lowest BCUT2D eigenvalue weighted by Gasteiger charge is -2.20. The minimum atomic E-state index is -4.62. The van der Waals surface area contributed by atoms with Crippen molar-refractivity contribution in [1.29, 1.82) is 0 Å². The molecule has 11 nitrogen and oxygen atoms in total. The number of rotatable bonds is 42. The van der Waals surface area contributed by atoms with E-state index in [1.54, 1.807) is 0 Å². The number of hydrogen-bond donors (Lipinski definition) is 3. The first-order chi connectivity index (χ1) is 27.6. The first kappa shape index (κ1) is 53.7. The maximum Gasteiger partial charge on any atom is 0.472 e. The third-order valence-corrected chi connectivity index (χ3v) is 11.5. The van der Waals surface area contributed by atoms with E-state index in [1.165, 1.54) is 103 Å².